The van der Waals surface area contributed by atoms with E-state index in [9.17, 15) is 19.8 Å². The van der Waals surface area contributed by atoms with Crippen LogP contribution in [0.1, 0.15) is 26.5 Å². The van der Waals surface area contributed by atoms with Crippen LogP contribution in [-0.2, 0) is 16.0 Å². The normalized spacial score (nSPS) is 26.7. The molecule has 1 amide bonds. The van der Waals surface area contributed by atoms with Gasteiger partial charge in [0.2, 0.25) is 5.91 Å². The van der Waals surface area contributed by atoms with Gasteiger partial charge >= 0.3 is 29.6 Å². The van der Waals surface area contributed by atoms with Crippen LogP contribution in [0.3, 0.4) is 0 Å². The number of amides is 1. The van der Waals surface area contributed by atoms with Gasteiger partial charge in [0.25, 0.3) is 0 Å². The summed E-state index contributed by atoms with van der Waals surface area (Å²) in [7, 11) is 0. The number of aliphatic carboxylic acids is 1. The molecule has 1 aromatic heterocycles. The molecule has 8 heteroatoms. The number of hydrogen-bond donors (Lipinski definition) is 1. The molecular weight excluding hydrogens is 363 g/mol. The summed E-state index contributed by atoms with van der Waals surface area (Å²) >= 11 is 1.45. The van der Waals surface area contributed by atoms with Gasteiger partial charge in [0.15, 0.2) is 0 Å². The Labute approximate surface area is 179 Å². The Balaban J connectivity index is 0.00000243. The van der Waals surface area contributed by atoms with Crippen LogP contribution < -0.4 is 34.7 Å². The Morgan fingerprint density at radius 3 is 2.65 bits per heavy atom. The van der Waals surface area contributed by atoms with Gasteiger partial charge in [-0.1, -0.05) is 19.9 Å². The zero-order chi connectivity index (χ0) is 18.3. The molecule has 0 spiro atoms. The Morgan fingerprint density at radius 1 is 1.42 bits per heavy atom. The number of pyridine rings is 1. The van der Waals surface area contributed by atoms with E-state index in [1.165, 1.54) is 16.7 Å². The minimum absolute atomic E-state index is 0. The van der Waals surface area contributed by atoms with Crippen molar-refractivity contribution >= 4 is 23.6 Å². The SMILES string of the molecule is C[C@@H](Cc1ccccn1)SC1=C(C(=O)[O-])N2C(=O)[C@H]([C@@H](C)O)[C@H]2[C@H]1C.[Na+]. The van der Waals surface area contributed by atoms with E-state index >= 15 is 0 Å². The number of aromatic nitrogens is 1. The largest absolute Gasteiger partial charge is 1.00 e. The van der Waals surface area contributed by atoms with Gasteiger partial charge in [0, 0.05) is 34.4 Å². The number of carbonyl (C=O) groups excluding carboxylic acids is 2. The van der Waals surface area contributed by atoms with Crippen molar-refractivity contribution in [1.82, 2.24) is 9.88 Å². The van der Waals surface area contributed by atoms with E-state index in [1.54, 1.807) is 13.1 Å². The van der Waals surface area contributed by atoms with Gasteiger partial charge in [0.05, 0.1) is 29.7 Å². The third-order valence-corrected chi connectivity index (χ3v) is 6.24. The Bertz CT molecular complexity index is 725. The molecule has 0 radical (unpaired) electrons. The van der Waals surface area contributed by atoms with Gasteiger partial charge < -0.3 is 19.9 Å². The molecule has 26 heavy (non-hydrogen) atoms. The van der Waals surface area contributed by atoms with Crippen molar-refractivity contribution in [1.29, 1.82) is 0 Å². The fourth-order valence-corrected chi connectivity index (χ4v) is 5.08. The molecule has 2 aliphatic heterocycles. The maximum atomic E-state index is 12.3. The van der Waals surface area contributed by atoms with Crippen LogP contribution in [0.15, 0.2) is 35.0 Å². The maximum Gasteiger partial charge on any atom is 1.00 e. The average molecular weight is 384 g/mol. The van der Waals surface area contributed by atoms with Crippen molar-refractivity contribution in [3.63, 3.8) is 0 Å². The molecule has 1 fully saturated rings. The molecule has 0 aliphatic carbocycles. The molecule has 1 saturated heterocycles. The smallest absolute Gasteiger partial charge is 0.543 e. The number of carboxylic acids is 1. The minimum atomic E-state index is -1.33. The monoisotopic (exact) mass is 384 g/mol. The zero-order valence-corrected chi connectivity index (χ0v) is 18.2. The molecule has 0 saturated carbocycles. The van der Waals surface area contributed by atoms with Gasteiger partial charge in [-0.3, -0.25) is 9.78 Å². The predicted octanol–water partition coefficient (Wildman–Crippen LogP) is -2.43. The number of aliphatic hydroxyl groups is 1. The number of β-lactam (4-membered cyclic amide) rings is 1. The molecule has 1 N–H and O–H groups in total. The molecule has 134 valence electrons. The van der Waals surface area contributed by atoms with Crippen LogP contribution >= 0.6 is 11.8 Å². The number of carboxylic acid groups (broad SMARTS) is 1. The second-order valence-corrected chi connectivity index (χ2v) is 8.19. The predicted molar refractivity (Wildman–Crippen MR) is 92.0 cm³/mol. The number of rotatable bonds is 6. The molecule has 3 heterocycles. The van der Waals surface area contributed by atoms with Crippen LogP contribution in [0.4, 0.5) is 0 Å². The van der Waals surface area contributed by atoms with E-state index in [0.29, 0.717) is 11.3 Å². The number of thioether (sulfide) groups is 1. The van der Waals surface area contributed by atoms with Crippen LogP contribution in [0.2, 0.25) is 0 Å². The van der Waals surface area contributed by atoms with Crippen molar-refractivity contribution in [3.05, 3.63) is 40.7 Å². The van der Waals surface area contributed by atoms with Crippen LogP contribution in [0.25, 0.3) is 0 Å². The molecule has 2 aliphatic rings. The van der Waals surface area contributed by atoms with Crippen molar-refractivity contribution in [2.24, 2.45) is 11.8 Å². The van der Waals surface area contributed by atoms with Crippen molar-refractivity contribution in [3.8, 4) is 0 Å². The van der Waals surface area contributed by atoms with E-state index in [2.05, 4.69) is 4.98 Å². The zero-order valence-electron chi connectivity index (χ0n) is 15.4. The second kappa shape index (κ2) is 8.44. The van der Waals surface area contributed by atoms with Gasteiger partial charge in [-0.2, -0.15) is 0 Å². The Hall–Kier alpha value is -0.860. The molecule has 0 aromatic carbocycles. The molecular formula is C18H21N2NaO4S. The summed E-state index contributed by atoms with van der Waals surface area (Å²) in [6.45, 7) is 5.49. The number of aliphatic hydroxyl groups excluding tert-OH is 1. The third kappa shape index (κ3) is 3.73. The quantitative estimate of drug-likeness (QED) is 0.433. The van der Waals surface area contributed by atoms with E-state index in [-0.39, 0.29) is 58.4 Å². The first kappa shape index (κ1) is 21.4. The molecule has 0 bridgehead atoms. The second-order valence-electron chi connectivity index (χ2n) is 6.71. The summed E-state index contributed by atoms with van der Waals surface area (Å²) in [4.78, 5) is 30.2. The minimum Gasteiger partial charge on any atom is -0.543 e. The maximum absolute atomic E-state index is 12.3. The van der Waals surface area contributed by atoms with E-state index < -0.39 is 18.0 Å². The topological polar surface area (TPSA) is 93.6 Å². The van der Waals surface area contributed by atoms with Gasteiger partial charge in [-0.05, 0) is 19.1 Å². The van der Waals surface area contributed by atoms with Crippen LogP contribution in [0.5, 0.6) is 0 Å². The number of carbonyl (C=O) groups is 2. The van der Waals surface area contributed by atoms with Crippen molar-refractivity contribution in [2.45, 2.75) is 44.6 Å². The molecule has 1 aromatic rings. The average Bonchev–Trinajstić information content (AvgIpc) is 2.77. The summed E-state index contributed by atoms with van der Waals surface area (Å²) in [5.74, 6) is -2.35. The van der Waals surface area contributed by atoms with Gasteiger partial charge in [-0.25, -0.2) is 0 Å². The van der Waals surface area contributed by atoms with E-state index in [1.807, 2.05) is 32.0 Å². The standard InChI is InChI=1S/C18H22N2O4S.Na/c1-9(8-12-6-4-5-7-19-12)25-16-10(2)14-13(11(3)21)17(22)20(14)15(16)18(23)24;/h4-7,9-11,13-14,21H,8H2,1-3H3,(H,23,24);/q;+1/p-1/t9-,10+,11+,13+,14+;/m0./s1. The first-order valence-corrected chi connectivity index (χ1v) is 9.24. The van der Waals surface area contributed by atoms with Crippen molar-refractivity contribution < 1.29 is 49.4 Å². The first-order chi connectivity index (χ1) is 11.8. The summed E-state index contributed by atoms with van der Waals surface area (Å²) in [6, 6.07) is 5.40. The molecule has 0 unspecified atom stereocenters. The van der Waals surface area contributed by atoms with Crippen LogP contribution in [0, 0.1) is 11.8 Å². The number of nitrogens with zero attached hydrogens (tertiary/aromatic N) is 2. The van der Waals surface area contributed by atoms with Gasteiger partial charge in [0.1, 0.15) is 0 Å². The van der Waals surface area contributed by atoms with Crippen molar-refractivity contribution in [2.75, 3.05) is 0 Å². The number of fused-ring (bicyclic) bond motifs is 1. The Morgan fingerprint density at radius 2 is 2.12 bits per heavy atom. The summed E-state index contributed by atoms with van der Waals surface area (Å²) in [5.41, 5.74) is 0.905. The fourth-order valence-electron chi connectivity index (χ4n) is 3.74. The Kier molecular flexibility index (Phi) is 6.96. The molecule has 5 atom stereocenters. The fraction of sp³-hybridized carbons (Fsp3) is 0.500. The van der Waals surface area contributed by atoms with Gasteiger partial charge in [-0.15, -0.1) is 11.8 Å². The van der Waals surface area contributed by atoms with E-state index in [4.69, 9.17) is 0 Å². The summed E-state index contributed by atoms with van der Waals surface area (Å²) in [5, 5.41) is 21.6. The summed E-state index contributed by atoms with van der Waals surface area (Å²) < 4.78 is 0. The first-order valence-electron chi connectivity index (χ1n) is 8.36. The third-order valence-electron chi connectivity index (χ3n) is 4.85. The van der Waals surface area contributed by atoms with Crippen LogP contribution in [-0.4, -0.2) is 44.3 Å². The van der Waals surface area contributed by atoms with E-state index in [0.717, 1.165) is 5.69 Å². The molecule has 6 nitrogen and oxygen atoms in total. The molecule has 3 rings (SSSR count). The number of hydrogen-bond acceptors (Lipinski definition) is 6. The summed E-state index contributed by atoms with van der Waals surface area (Å²) in [6.07, 6.45) is 1.63.